The molecule has 0 spiro atoms. The Balaban J connectivity index is 0.000000363. The lowest BCUT2D eigenvalue weighted by atomic mass is 9.92. The van der Waals surface area contributed by atoms with Crippen molar-refractivity contribution in [3.05, 3.63) is 303 Å². The van der Waals surface area contributed by atoms with Crippen molar-refractivity contribution in [2.75, 3.05) is 58.8 Å². The molecule has 3 aliphatic rings. The number of rotatable bonds is 45. The molecule has 762 valence electrons. The standard InChI is InChI=1S/3C37H48N4O5.3CH4/c3*1-25(2)34(41-20-12-19-38-37(41)45)36(44)39-30(21-28-15-7-5-8-16-28)23-32(42)31(22-29-17-9-6-10-18-29)40-33(43)24-46-35-26(3)13-11-14-27(35)4;;;/h3*5-11,13-18,25,30-32,34,42H,12,19-24H2,1-4H3,(H,38,45)(H,39,44)(H,40,43);3*1H4/t3*30-,31-,32-,34-;;;/m000.../s1/i3D3,4D3,6D,9D,10D,11D,12D2,13D,14D,17D,18D,19D2,20D2,22D2,31D;6D,9D,10D,12D2,17D,18D,19D2,20D2,22D2,31D;24D2;;;. The number of nitrogens with zero attached hydrogens (tertiary/aromatic N) is 3. The molecule has 3 heterocycles. The molecular weight excluding hydrogens is 1780 g/mol. The lowest BCUT2D eigenvalue weighted by Gasteiger charge is -2.37. The number of benzene rings is 9. The molecule has 0 saturated carbocycles. The molecule has 0 radical (unpaired) electrons. The van der Waals surface area contributed by atoms with E-state index in [4.69, 9.17) is 59.4 Å². The van der Waals surface area contributed by atoms with Crippen LogP contribution in [-0.4, -0.2) is 215 Å². The van der Waals surface area contributed by atoms with Gasteiger partial charge in [0, 0.05) is 87.4 Å². The Morgan fingerprint density at radius 3 is 1.11 bits per heavy atom. The molecule has 9 aromatic carbocycles. The van der Waals surface area contributed by atoms with Crippen LogP contribution >= 0.6 is 0 Å². The number of hydrogen-bond donors (Lipinski definition) is 12. The number of carbonyl (C=O) groups is 9. The number of amides is 12. The van der Waals surface area contributed by atoms with Crippen molar-refractivity contribution in [3.8, 4) is 17.2 Å². The van der Waals surface area contributed by atoms with E-state index in [1.165, 1.54) is 39.8 Å². The van der Waals surface area contributed by atoms with E-state index in [2.05, 4.69) is 31.9 Å². The Bertz CT molecular complexity index is 7320. The van der Waals surface area contributed by atoms with Gasteiger partial charge in [-0.05, 0) is 203 Å². The van der Waals surface area contributed by atoms with E-state index in [9.17, 15) is 66.7 Å². The number of hydrogen-bond acceptors (Lipinski definition) is 15. The number of carbonyl (C=O) groups excluding carboxylic acids is 9. The van der Waals surface area contributed by atoms with E-state index in [-0.39, 0.29) is 81.4 Å². The van der Waals surface area contributed by atoms with Gasteiger partial charge in [0.25, 0.3) is 17.7 Å². The first kappa shape index (κ1) is 68.9. The van der Waals surface area contributed by atoms with Crippen LogP contribution < -0.4 is 62.1 Å². The molecule has 12 atom stereocenters. The second-order valence-corrected chi connectivity index (χ2v) is 33.8. The predicted octanol–water partition coefficient (Wildman–Crippen LogP) is 14.9. The Morgan fingerprint density at radius 1 is 0.404 bits per heavy atom. The Hall–Kier alpha value is -13.1. The van der Waals surface area contributed by atoms with Gasteiger partial charge in [0.2, 0.25) is 17.7 Å². The lowest BCUT2D eigenvalue weighted by molar-refractivity contribution is -0.129. The van der Waals surface area contributed by atoms with Crippen LogP contribution in [-0.2, 0) is 67.2 Å². The molecule has 0 unspecified atom stereocenters. The number of ether oxygens (including phenoxy) is 3. The van der Waals surface area contributed by atoms with Crippen LogP contribution in [0.1, 0.15) is 222 Å². The van der Waals surface area contributed by atoms with Crippen molar-refractivity contribution >= 4 is 53.5 Å². The molecule has 27 heteroatoms. The molecule has 27 nitrogen and oxygen atoms in total. The summed E-state index contributed by atoms with van der Waals surface area (Å²) in [5, 5.41) is 57.2. The van der Waals surface area contributed by atoms with E-state index < -0.39 is 330 Å². The minimum atomic E-state index is -3.78. The number of aliphatic hydroxyl groups is 3. The summed E-state index contributed by atoms with van der Waals surface area (Å²) in [5.41, 5.74) is 0.557. The van der Waals surface area contributed by atoms with Crippen LogP contribution in [0.2, 0.25) is 0 Å². The molecule has 3 saturated heterocycles. The van der Waals surface area contributed by atoms with Gasteiger partial charge in [-0.3, -0.25) is 28.8 Å². The van der Waals surface area contributed by atoms with Gasteiger partial charge < -0.3 is 92.1 Å². The van der Waals surface area contributed by atoms with Crippen LogP contribution in [0.3, 0.4) is 0 Å². The van der Waals surface area contributed by atoms with Gasteiger partial charge in [0.1, 0.15) is 35.4 Å². The fraction of sp³-hybridized carbons (Fsp3) is 0.447. The van der Waals surface area contributed by atoms with Gasteiger partial charge >= 0.3 is 18.1 Å². The lowest BCUT2D eigenvalue weighted by Crippen LogP contribution is -2.59. The largest absolute Gasteiger partial charge is 0.483 e. The second-order valence-electron chi connectivity index (χ2n) is 33.8. The highest BCUT2D eigenvalue weighted by atomic mass is 16.5. The number of aliphatic hydroxyl groups excluding tert-OH is 3. The zero-order valence-electron chi connectivity index (χ0n) is 117. The third-order valence-corrected chi connectivity index (χ3v) is 21.9. The summed E-state index contributed by atoms with van der Waals surface area (Å²) in [7, 11) is 0. The summed E-state index contributed by atoms with van der Waals surface area (Å²) in [6.07, 6.45) is -21.3. The van der Waals surface area contributed by atoms with Gasteiger partial charge in [-0.2, -0.15) is 0 Å². The van der Waals surface area contributed by atoms with Gasteiger partial charge in [-0.15, -0.1) is 0 Å². The van der Waals surface area contributed by atoms with Crippen LogP contribution in [0.4, 0.5) is 14.4 Å². The fourth-order valence-electron chi connectivity index (χ4n) is 15.4. The molecule has 12 rings (SSSR count). The summed E-state index contributed by atoms with van der Waals surface area (Å²) >= 11 is 0. The highest BCUT2D eigenvalue weighted by molar-refractivity contribution is 5.90. The molecule has 12 N–H and O–H groups in total. The van der Waals surface area contributed by atoms with Crippen LogP contribution in [0, 0.1) is 59.2 Å². The Labute approximate surface area is 891 Å². The topological polar surface area (TPSA) is 360 Å². The maximum Gasteiger partial charge on any atom is 0.318 e. The van der Waals surface area contributed by atoms with Gasteiger partial charge in [-0.25, -0.2) is 14.4 Å². The fourth-order valence-corrected chi connectivity index (χ4v) is 15.4. The molecule has 3 fully saturated rings. The normalized spacial score (nSPS) is 22.5. The third kappa shape index (κ3) is 36.5. The third-order valence-electron chi connectivity index (χ3n) is 21.9. The maximum absolute atomic E-state index is 14.4. The Morgan fingerprint density at radius 2 is 0.745 bits per heavy atom. The molecule has 9 aromatic rings. The molecule has 0 aliphatic carbocycles. The molecule has 141 heavy (non-hydrogen) atoms. The molecule has 0 aromatic heterocycles. The van der Waals surface area contributed by atoms with E-state index in [0.29, 0.717) is 58.6 Å². The highest BCUT2D eigenvalue weighted by Crippen LogP contribution is 2.29. The number of aryl methyl sites for hydroxylation is 4. The monoisotopic (exact) mass is 1970 g/mol. The summed E-state index contributed by atoms with van der Waals surface area (Å²) in [6.45, 7) is -7.99. The average molecular weight is 1970 g/mol. The van der Waals surface area contributed by atoms with Crippen LogP contribution in [0.15, 0.2) is 236 Å². The number of para-hydroxylation sites is 3. The van der Waals surface area contributed by atoms with Crippen molar-refractivity contribution in [2.24, 2.45) is 17.8 Å². The first-order valence-corrected chi connectivity index (χ1v) is 44.8. The minimum Gasteiger partial charge on any atom is -0.483 e. The number of nitrogens with one attached hydrogen (secondary N) is 9. The summed E-state index contributed by atoms with van der Waals surface area (Å²) in [6, 6.07) is 12.3. The smallest absolute Gasteiger partial charge is 0.318 e. The minimum absolute atomic E-state index is 0. The number of urea groups is 3. The Kier molecular flexibility index (Phi) is 28.7. The average Bonchev–Trinajstić information content (AvgIpc) is 0.691. The van der Waals surface area contributed by atoms with Crippen LogP contribution in [0.25, 0.3) is 0 Å². The first-order valence-electron chi connectivity index (χ1n) is 64.3. The van der Waals surface area contributed by atoms with Crippen molar-refractivity contribution in [3.63, 3.8) is 0 Å². The summed E-state index contributed by atoms with van der Waals surface area (Å²) < 4.78 is 344. The quantitative estimate of drug-likeness (QED) is 0.0169. The van der Waals surface area contributed by atoms with E-state index >= 15 is 0 Å². The van der Waals surface area contributed by atoms with Crippen molar-refractivity contribution in [1.82, 2.24) is 62.6 Å². The van der Waals surface area contributed by atoms with Crippen molar-refractivity contribution < 1.29 is 126 Å². The molecule has 0 bridgehead atoms. The van der Waals surface area contributed by atoms with E-state index in [1.54, 1.807) is 122 Å². The first-order chi connectivity index (χ1) is 81.6. The maximum atomic E-state index is 14.4. The SMILES string of the molecule is C.C.C.[2H]C([2H])(Oc1c(C)cccc1C)C(=O)N[C@@H](Cc1ccccc1)[C@@H](O)C[C@H](Cc1ccccc1)NC(=O)[C@H](C(C)C)N1CCCNC1=O.[2H]c1c([2H])c([2H])c(C([2H])([2H])[C@]([2H])(NC(=O)COc2c(C([2H])([2H])[2H])c([2H])c([2H])c([2H])c2C([2H])([2H])[2H])[C@@H](O)C[C@H](Cc2ccccc2)NC(=O)[C@H](C(C)C)N2C(=O)NC([2H])([2H])C([2H])([2H])C2([2H])[2H])c([2H])c1[2H].[2H]c1c([2H])c([2H])c(C([2H])([2H])[C@]([2H])(NC(=O)COc2c(C)cccc2C)[C@@H](O)C[C@H](Cc2ccccc2)NC(=O)[C@H](C(C)C)N2C(=O)NC([2H])([2H])C([2H])([2H])C2([2H])[2H])c([2H])c1[2H]. The molecule has 12 amide bonds. The molecule has 3 aliphatic heterocycles. The van der Waals surface area contributed by atoms with Crippen LogP contribution in [0.5, 0.6) is 17.2 Å². The van der Waals surface area contributed by atoms with Gasteiger partial charge in [0.15, 0.2) is 19.8 Å². The van der Waals surface area contributed by atoms with Gasteiger partial charge in [-0.1, -0.05) is 300 Å². The van der Waals surface area contributed by atoms with Gasteiger partial charge in [0.05, 0.1) is 59.7 Å². The highest BCUT2D eigenvalue weighted by Gasteiger charge is 2.40. The zero-order chi connectivity index (χ0) is 133. The van der Waals surface area contributed by atoms with Crippen molar-refractivity contribution in [1.29, 1.82) is 0 Å². The second kappa shape index (κ2) is 58.8. The van der Waals surface area contributed by atoms with Crippen molar-refractivity contribution in [2.45, 2.75) is 255 Å². The molecular formula is C114H156N12O15. The summed E-state index contributed by atoms with van der Waals surface area (Å²) in [5.74, 6) is -9.35. The zero-order valence-corrected chi connectivity index (χ0v) is 78.1. The van der Waals surface area contributed by atoms with E-state index in [1.807, 2.05) is 85.9 Å². The summed E-state index contributed by atoms with van der Waals surface area (Å²) in [4.78, 5) is 125. The van der Waals surface area contributed by atoms with E-state index in [0.717, 1.165) is 17.5 Å². The predicted molar refractivity (Wildman–Crippen MR) is 559 cm³/mol.